The number of hydrogen-bond acceptors (Lipinski definition) is 7. The molecule has 0 unspecified atom stereocenters. The molecule has 2 atom stereocenters. The molecular formula is C14H21N3O4S. The molecule has 1 aromatic rings. The fourth-order valence-electron chi connectivity index (χ4n) is 2.60. The molecule has 7 nitrogen and oxygen atoms in total. The number of ether oxygens (including phenoxy) is 3. The normalized spacial score (nSPS) is 28.0. The van der Waals surface area contributed by atoms with Crippen LogP contribution in [0.15, 0.2) is 0 Å². The first-order valence-electron chi connectivity index (χ1n) is 7.53. The predicted molar refractivity (Wildman–Crippen MR) is 79.8 cm³/mol. The highest BCUT2D eigenvalue weighted by atomic mass is 32.1. The van der Waals surface area contributed by atoms with Gasteiger partial charge in [-0.15, -0.1) is 10.2 Å². The molecule has 8 heteroatoms. The van der Waals surface area contributed by atoms with E-state index in [1.807, 2.05) is 20.8 Å². The van der Waals surface area contributed by atoms with Crippen molar-refractivity contribution in [3.8, 4) is 0 Å². The van der Waals surface area contributed by atoms with Crippen molar-refractivity contribution in [2.24, 2.45) is 0 Å². The number of aromatic nitrogens is 2. The van der Waals surface area contributed by atoms with Crippen molar-refractivity contribution in [2.45, 2.75) is 45.2 Å². The first-order chi connectivity index (χ1) is 10.5. The lowest BCUT2D eigenvalue weighted by atomic mass is 10.1. The van der Waals surface area contributed by atoms with Gasteiger partial charge in [-0.1, -0.05) is 18.3 Å². The van der Waals surface area contributed by atoms with Crippen molar-refractivity contribution in [1.82, 2.24) is 15.1 Å². The van der Waals surface area contributed by atoms with Gasteiger partial charge in [0.25, 0.3) is 5.91 Å². The topological polar surface area (TPSA) is 73.8 Å². The molecule has 2 aliphatic heterocycles. The Balaban J connectivity index is 1.64. The Kier molecular flexibility index (Phi) is 4.44. The Morgan fingerprint density at radius 3 is 2.86 bits per heavy atom. The van der Waals surface area contributed by atoms with E-state index in [0.29, 0.717) is 31.3 Å². The van der Waals surface area contributed by atoms with Crippen molar-refractivity contribution < 1.29 is 19.0 Å². The summed E-state index contributed by atoms with van der Waals surface area (Å²) in [5.74, 6) is -0.668. The fraction of sp³-hybridized carbons (Fsp3) is 0.786. The molecule has 3 rings (SSSR count). The highest BCUT2D eigenvalue weighted by Crippen LogP contribution is 2.27. The lowest BCUT2D eigenvalue weighted by Gasteiger charge is -2.34. The molecule has 1 amide bonds. The predicted octanol–water partition coefficient (Wildman–Crippen LogP) is 1.09. The van der Waals surface area contributed by atoms with Gasteiger partial charge >= 0.3 is 0 Å². The summed E-state index contributed by atoms with van der Waals surface area (Å²) in [6, 6.07) is 0. The first kappa shape index (κ1) is 15.8. The van der Waals surface area contributed by atoms with E-state index < -0.39 is 5.79 Å². The lowest BCUT2D eigenvalue weighted by molar-refractivity contribution is -0.163. The molecule has 2 fully saturated rings. The molecule has 122 valence electrons. The summed E-state index contributed by atoms with van der Waals surface area (Å²) in [5.41, 5.74) is 0. The summed E-state index contributed by atoms with van der Waals surface area (Å²) in [4.78, 5) is 14.3. The summed E-state index contributed by atoms with van der Waals surface area (Å²) in [7, 11) is 0. The van der Waals surface area contributed by atoms with Gasteiger partial charge in [0, 0.05) is 13.1 Å². The van der Waals surface area contributed by atoms with E-state index in [1.54, 1.807) is 4.90 Å². The maximum Gasteiger partial charge on any atom is 0.285 e. The summed E-state index contributed by atoms with van der Waals surface area (Å²) >= 11 is 1.36. The lowest BCUT2D eigenvalue weighted by Crippen LogP contribution is -2.50. The van der Waals surface area contributed by atoms with E-state index in [0.717, 1.165) is 11.4 Å². The summed E-state index contributed by atoms with van der Waals surface area (Å²) in [6.07, 6.45) is 0.475. The maximum absolute atomic E-state index is 12.5. The fourth-order valence-corrected chi connectivity index (χ4v) is 3.35. The van der Waals surface area contributed by atoms with Crippen LogP contribution in [0.2, 0.25) is 0 Å². The molecule has 2 saturated heterocycles. The van der Waals surface area contributed by atoms with E-state index in [2.05, 4.69) is 10.2 Å². The molecule has 0 aliphatic carbocycles. The van der Waals surface area contributed by atoms with Crippen molar-refractivity contribution in [3.63, 3.8) is 0 Å². The molecule has 1 aromatic heterocycles. The van der Waals surface area contributed by atoms with E-state index in [1.165, 1.54) is 11.3 Å². The van der Waals surface area contributed by atoms with Gasteiger partial charge in [0.05, 0.1) is 13.2 Å². The second kappa shape index (κ2) is 6.19. The summed E-state index contributed by atoms with van der Waals surface area (Å²) in [5, 5.41) is 9.32. The van der Waals surface area contributed by atoms with Gasteiger partial charge in [-0.25, -0.2) is 0 Å². The SMILES string of the molecule is CCc1nnc(C(=O)N2CCO[C@H]([C@@H]3COC(C)(C)O3)C2)s1. The van der Waals surface area contributed by atoms with Gasteiger partial charge in [-0.05, 0) is 20.3 Å². The number of nitrogens with zero attached hydrogens (tertiary/aromatic N) is 3. The van der Waals surface area contributed by atoms with Crippen LogP contribution in [0.3, 0.4) is 0 Å². The molecule has 0 bridgehead atoms. The van der Waals surface area contributed by atoms with E-state index >= 15 is 0 Å². The first-order valence-corrected chi connectivity index (χ1v) is 8.35. The molecule has 0 radical (unpaired) electrons. The Bertz CT molecular complexity index is 548. The van der Waals surface area contributed by atoms with Gasteiger partial charge in [0.1, 0.15) is 17.2 Å². The van der Waals surface area contributed by atoms with Crippen LogP contribution in [0.25, 0.3) is 0 Å². The van der Waals surface area contributed by atoms with Gasteiger partial charge < -0.3 is 19.1 Å². The minimum Gasteiger partial charge on any atom is -0.372 e. The zero-order valence-electron chi connectivity index (χ0n) is 13.1. The maximum atomic E-state index is 12.5. The van der Waals surface area contributed by atoms with Gasteiger partial charge in [-0.2, -0.15) is 0 Å². The number of rotatable bonds is 3. The molecule has 3 heterocycles. The monoisotopic (exact) mass is 327 g/mol. The van der Waals surface area contributed by atoms with E-state index in [4.69, 9.17) is 14.2 Å². The Morgan fingerprint density at radius 1 is 1.41 bits per heavy atom. The summed E-state index contributed by atoms with van der Waals surface area (Å²) in [6.45, 7) is 7.79. The van der Waals surface area contributed by atoms with Crippen molar-refractivity contribution in [1.29, 1.82) is 0 Å². The van der Waals surface area contributed by atoms with Crippen molar-refractivity contribution in [3.05, 3.63) is 10.0 Å². The third-order valence-corrected chi connectivity index (χ3v) is 4.83. The third-order valence-electron chi connectivity index (χ3n) is 3.78. The van der Waals surface area contributed by atoms with Crippen LogP contribution in [0, 0.1) is 0 Å². The molecule has 0 saturated carbocycles. The average Bonchev–Trinajstić information content (AvgIpc) is 3.13. The van der Waals surface area contributed by atoms with Crippen molar-refractivity contribution >= 4 is 17.2 Å². The number of carbonyl (C=O) groups is 1. The second-order valence-electron chi connectivity index (χ2n) is 5.88. The minimum atomic E-state index is -0.588. The number of hydrogen-bond donors (Lipinski definition) is 0. The number of amides is 1. The number of carbonyl (C=O) groups excluding carboxylic acids is 1. The molecule has 0 spiro atoms. The minimum absolute atomic E-state index is 0.0799. The van der Waals surface area contributed by atoms with Crippen LogP contribution in [-0.4, -0.2) is 65.3 Å². The largest absolute Gasteiger partial charge is 0.372 e. The average molecular weight is 327 g/mol. The zero-order chi connectivity index (χ0) is 15.7. The molecule has 0 N–H and O–H groups in total. The quantitative estimate of drug-likeness (QED) is 0.827. The summed E-state index contributed by atoms with van der Waals surface area (Å²) < 4.78 is 17.2. The highest BCUT2D eigenvalue weighted by Gasteiger charge is 2.40. The molecular weight excluding hydrogens is 306 g/mol. The second-order valence-corrected chi connectivity index (χ2v) is 6.94. The highest BCUT2D eigenvalue weighted by molar-refractivity contribution is 7.13. The van der Waals surface area contributed by atoms with E-state index in [9.17, 15) is 4.79 Å². The molecule has 2 aliphatic rings. The third kappa shape index (κ3) is 3.29. The van der Waals surface area contributed by atoms with Crippen molar-refractivity contribution in [2.75, 3.05) is 26.3 Å². The number of morpholine rings is 1. The smallest absolute Gasteiger partial charge is 0.285 e. The van der Waals surface area contributed by atoms with Gasteiger partial charge in [-0.3, -0.25) is 4.79 Å². The Morgan fingerprint density at radius 2 is 2.23 bits per heavy atom. The Labute approximate surface area is 133 Å². The standard InChI is InChI=1S/C14H21N3O4S/c1-4-11-15-16-12(22-11)13(18)17-5-6-19-9(7-17)10-8-20-14(2,3)21-10/h9-10H,4-8H2,1-3H3/t9-,10-/m0/s1. The van der Waals surface area contributed by atoms with E-state index in [-0.39, 0.29) is 18.1 Å². The van der Waals surface area contributed by atoms with Crippen LogP contribution in [0.5, 0.6) is 0 Å². The molecule has 22 heavy (non-hydrogen) atoms. The number of aryl methyl sites for hydroxylation is 1. The molecule has 0 aromatic carbocycles. The van der Waals surface area contributed by atoms with Crippen LogP contribution in [0.1, 0.15) is 35.6 Å². The van der Waals surface area contributed by atoms with Crippen LogP contribution in [-0.2, 0) is 20.6 Å². The Hall–Kier alpha value is -1.09. The van der Waals surface area contributed by atoms with Crippen LogP contribution < -0.4 is 0 Å². The van der Waals surface area contributed by atoms with Gasteiger partial charge in [0.2, 0.25) is 5.01 Å². The van der Waals surface area contributed by atoms with Crippen LogP contribution in [0.4, 0.5) is 0 Å². The van der Waals surface area contributed by atoms with Gasteiger partial charge in [0.15, 0.2) is 5.79 Å². The zero-order valence-corrected chi connectivity index (χ0v) is 13.9. The van der Waals surface area contributed by atoms with Crippen LogP contribution >= 0.6 is 11.3 Å².